The van der Waals surface area contributed by atoms with Crippen molar-refractivity contribution in [2.24, 2.45) is 0 Å². The van der Waals surface area contributed by atoms with E-state index in [4.69, 9.17) is 16.3 Å². The molecule has 214 valence electrons. The van der Waals surface area contributed by atoms with Crippen molar-refractivity contribution in [2.45, 2.75) is 50.6 Å². The average molecular weight is 586 g/mol. The van der Waals surface area contributed by atoms with Crippen LogP contribution in [-0.2, 0) is 26.2 Å². The Morgan fingerprint density at radius 2 is 1.60 bits per heavy atom. The molecule has 0 aromatic heterocycles. The summed E-state index contributed by atoms with van der Waals surface area (Å²) in [6.45, 7) is 3.96. The molecular formula is C30H36ClN3O5S. The van der Waals surface area contributed by atoms with E-state index in [2.05, 4.69) is 5.32 Å². The standard InChI is InChI=1S/C30H36ClN3O5S/c1-4-6-20-32-30(36)28(5-2)33(21-23-12-14-24(31)15-13-23)29(35)22-34(25-16-18-26(39-3)19-17-25)40(37,38)27-10-8-7-9-11-27/h7-19,28H,4-6,20-22H2,1-3H3,(H,32,36). The minimum absolute atomic E-state index is 0.0484. The topological polar surface area (TPSA) is 96.0 Å². The Morgan fingerprint density at radius 1 is 0.950 bits per heavy atom. The van der Waals surface area contributed by atoms with E-state index in [9.17, 15) is 18.0 Å². The van der Waals surface area contributed by atoms with E-state index in [1.807, 2.05) is 13.8 Å². The maximum atomic E-state index is 14.0. The number of carbonyl (C=O) groups is 2. The predicted molar refractivity (Wildman–Crippen MR) is 158 cm³/mol. The molecule has 0 saturated carbocycles. The van der Waals surface area contributed by atoms with Crippen LogP contribution >= 0.6 is 11.6 Å². The lowest BCUT2D eigenvalue weighted by Gasteiger charge is -2.33. The number of carbonyl (C=O) groups excluding carboxylic acids is 2. The minimum atomic E-state index is -4.12. The second-order valence-corrected chi connectivity index (χ2v) is 11.5. The van der Waals surface area contributed by atoms with Gasteiger partial charge in [-0.25, -0.2) is 8.42 Å². The van der Waals surface area contributed by atoms with Crippen LogP contribution in [0.15, 0.2) is 83.8 Å². The molecule has 0 spiro atoms. The van der Waals surface area contributed by atoms with Crippen LogP contribution in [0.1, 0.15) is 38.7 Å². The van der Waals surface area contributed by atoms with E-state index in [-0.39, 0.29) is 17.3 Å². The molecular weight excluding hydrogens is 550 g/mol. The molecule has 1 atom stereocenters. The Labute approximate surface area is 241 Å². The number of hydrogen-bond acceptors (Lipinski definition) is 5. The van der Waals surface area contributed by atoms with Gasteiger partial charge in [-0.3, -0.25) is 13.9 Å². The number of ether oxygens (including phenoxy) is 1. The number of nitrogens with zero attached hydrogens (tertiary/aromatic N) is 2. The summed E-state index contributed by atoms with van der Waals surface area (Å²) >= 11 is 6.06. The summed E-state index contributed by atoms with van der Waals surface area (Å²) in [5, 5.41) is 3.47. The highest BCUT2D eigenvalue weighted by Crippen LogP contribution is 2.27. The number of unbranched alkanes of at least 4 members (excludes halogenated alkanes) is 1. The van der Waals surface area contributed by atoms with Gasteiger partial charge in [-0.05, 0) is 66.9 Å². The van der Waals surface area contributed by atoms with Crippen LogP contribution < -0.4 is 14.4 Å². The maximum Gasteiger partial charge on any atom is 0.264 e. The van der Waals surface area contributed by atoms with Crippen molar-refractivity contribution in [3.05, 3.63) is 89.4 Å². The molecule has 3 rings (SSSR count). The monoisotopic (exact) mass is 585 g/mol. The van der Waals surface area contributed by atoms with Crippen molar-refractivity contribution in [1.29, 1.82) is 0 Å². The Hall–Kier alpha value is -3.56. The molecule has 3 aromatic rings. The molecule has 1 N–H and O–H groups in total. The fraction of sp³-hybridized carbons (Fsp3) is 0.333. The van der Waals surface area contributed by atoms with E-state index in [0.717, 1.165) is 22.7 Å². The molecule has 0 aliphatic heterocycles. The molecule has 0 aliphatic carbocycles. The zero-order valence-electron chi connectivity index (χ0n) is 23.0. The normalized spacial score (nSPS) is 11.9. The van der Waals surface area contributed by atoms with Gasteiger partial charge in [-0.15, -0.1) is 0 Å². The summed E-state index contributed by atoms with van der Waals surface area (Å²) in [7, 11) is -2.61. The third-order valence-corrected chi connectivity index (χ3v) is 8.49. The minimum Gasteiger partial charge on any atom is -0.497 e. The van der Waals surface area contributed by atoms with Gasteiger partial charge >= 0.3 is 0 Å². The fourth-order valence-electron chi connectivity index (χ4n) is 4.21. The Morgan fingerprint density at radius 3 is 2.17 bits per heavy atom. The van der Waals surface area contributed by atoms with Gasteiger partial charge in [0.15, 0.2) is 0 Å². The predicted octanol–water partition coefficient (Wildman–Crippen LogP) is 5.27. The van der Waals surface area contributed by atoms with Crippen LogP contribution in [-0.4, -0.2) is 51.4 Å². The SMILES string of the molecule is CCCCNC(=O)C(CC)N(Cc1ccc(Cl)cc1)C(=O)CN(c1ccc(OC)cc1)S(=O)(=O)c1ccccc1. The van der Waals surface area contributed by atoms with E-state index in [1.54, 1.807) is 66.7 Å². The maximum absolute atomic E-state index is 14.0. The van der Waals surface area contributed by atoms with Gasteiger partial charge in [0.05, 0.1) is 17.7 Å². The second kappa shape index (κ2) is 14.7. The van der Waals surface area contributed by atoms with E-state index >= 15 is 0 Å². The first-order chi connectivity index (χ1) is 19.2. The Balaban J connectivity index is 2.02. The number of nitrogens with one attached hydrogen (secondary N) is 1. The van der Waals surface area contributed by atoms with E-state index in [0.29, 0.717) is 29.4 Å². The summed E-state index contributed by atoms with van der Waals surface area (Å²) in [5.74, 6) is -0.241. The zero-order chi connectivity index (χ0) is 29.1. The number of benzene rings is 3. The van der Waals surface area contributed by atoms with Crippen LogP contribution in [0.3, 0.4) is 0 Å². The molecule has 0 radical (unpaired) electrons. The lowest BCUT2D eigenvalue weighted by molar-refractivity contribution is -0.140. The zero-order valence-corrected chi connectivity index (χ0v) is 24.6. The highest BCUT2D eigenvalue weighted by atomic mass is 35.5. The van der Waals surface area contributed by atoms with Crippen LogP contribution in [0.2, 0.25) is 5.02 Å². The number of methoxy groups -OCH3 is 1. The molecule has 40 heavy (non-hydrogen) atoms. The first-order valence-electron chi connectivity index (χ1n) is 13.2. The van der Waals surface area contributed by atoms with Gasteiger partial charge in [-0.1, -0.05) is 62.2 Å². The van der Waals surface area contributed by atoms with Crippen molar-refractivity contribution in [2.75, 3.05) is 24.5 Å². The van der Waals surface area contributed by atoms with Crippen molar-refractivity contribution in [3.8, 4) is 5.75 Å². The summed E-state index contributed by atoms with van der Waals surface area (Å²) in [6, 6.07) is 20.6. The number of anilines is 1. The van der Waals surface area contributed by atoms with Crippen LogP contribution in [0.25, 0.3) is 0 Å². The molecule has 1 unspecified atom stereocenters. The smallest absolute Gasteiger partial charge is 0.264 e. The molecule has 0 saturated heterocycles. The second-order valence-electron chi connectivity index (χ2n) is 9.24. The number of sulfonamides is 1. The van der Waals surface area contributed by atoms with Crippen molar-refractivity contribution < 1.29 is 22.7 Å². The molecule has 8 nitrogen and oxygen atoms in total. The van der Waals surface area contributed by atoms with Gasteiger partial charge in [-0.2, -0.15) is 0 Å². The summed E-state index contributed by atoms with van der Waals surface area (Å²) in [6.07, 6.45) is 2.08. The Kier molecular flexibility index (Phi) is 11.4. The quantitative estimate of drug-likeness (QED) is 0.260. The lowest BCUT2D eigenvalue weighted by atomic mass is 10.1. The molecule has 0 fully saturated rings. The molecule has 0 bridgehead atoms. The van der Waals surface area contributed by atoms with E-state index < -0.39 is 28.5 Å². The highest BCUT2D eigenvalue weighted by Gasteiger charge is 2.33. The first kappa shape index (κ1) is 31.0. The van der Waals surface area contributed by atoms with Gasteiger partial charge in [0.1, 0.15) is 18.3 Å². The molecule has 0 aliphatic rings. The third kappa shape index (κ3) is 7.99. The lowest BCUT2D eigenvalue weighted by Crippen LogP contribution is -2.52. The summed E-state index contributed by atoms with van der Waals surface area (Å²) < 4.78 is 33.9. The van der Waals surface area contributed by atoms with Crippen molar-refractivity contribution in [3.63, 3.8) is 0 Å². The average Bonchev–Trinajstić information content (AvgIpc) is 2.97. The first-order valence-corrected chi connectivity index (χ1v) is 15.1. The van der Waals surface area contributed by atoms with Gasteiger partial charge in [0.2, 0.25) is 11.8 Å². The molecule has 2 amide bonds. The molecule has 10 heteroatoms. The van der Waals surface area contributed by atoms with E-state index in [1.165, 1.54) is 24.1 Å². The van der Waals surface area contributed by atoms with Crippen molar-refractivity contribution >= 4 is 39.1 Å². The summed E-state index contributed by atoms with van der Waals surface area (Å²) in [4.78, 5) is 28.7. The van der Waals surface area contributed by atoms with Crippen LogP contribution in [0.4, 0.5) is 5.69 Å². The Bertz CT molecular complexity index is 1350. The summed E-state index contributed by atoms with van der Waals surface area (Å²) in [5.41, 5.74) is 1.06. The number of halogens is 1. The fourth-order valence-corrected chi connectivity index (χ4v) is 5.77. The van der Waals surface area contributed by atoms with Crippen molar-refractivity contribution in [1.82, 2.24) is 10.2 Å². The number of amides is 2. The number of hydrogen-bond donors (Lipinski definition) is 1. The van der Waals surface area contributed by atoms with Gasteiger partial charge in [0, 0.05) is 18.1 Å². The molecule has 0 heterocycles. The van der Waals surface area contributed by atoms with Gasteiger partial charge in [0.25, 0.3) is 10.0 Å². The van der Waals surface area contributed by atoms with Crippen LogP contribution in [0, 0.1) is 0 Å². The highest BCUT2D eigenvalue weighted by molar-refractivity contribution is 7.92. The largest absolute Gasteiger partial charge is 0.497 e. The third-order valence-electron chi connectivity index (χ3n) is 6.45. The molecule has 3 aromatic carbocycles. The number of rotatable bonds is 14. The van der Waals surface area contributed by atoms with Gasteiger partial charge < -0.3 is 15.0 Å². The van der Waals surface area contributed by atoms with Crippen LogP contribution in [0.5, 0.6) is 5.75 Å².